The van der Waals surface area contributed by atoms with Crippen LogP contribution in [-0.4, -0.2) is 11.9 Å². The van der Waals surface area contributed by atoms with Crippen molar-refractivity contribution in [2.24, 2.45) is 5.41 Å². The molecular weight excluding hydrogens is 264 g/mol. The number of hydrogen-bond acceptors (Lipinski definition) is 3. The molecule has 0 N–H and O–H groups in total. The predicted octanol–water partition coefficient (Wildman–Crippen LogP) is 2.64. The monoisotopic (exact) mass is 278 g/mol. The molecule has 0 spiro atoms. The zero-order chi connectivity index (χ0) is 14.5. The van der Waals surface area contributed by atoms with E-state index in [9.17, 15) is 9.59 Å². The fourth-order valence-electron chi connectivity index (χ4n) is 3.64. The van der Waals surface area contributed by atoms with Gasteiger partial charge in [0.25, 0.3) is 0 Å². The third-order valence-corrected chi connectivity index (χ3v) is 4.80. The summed E-state index contributed by atoms with van der Waals surface area (Å²) < 4.78 is 4.98. The van der Waals surface area contributed by atoms with Crippen LogP contribution in [0.3, 0.4) is 0 Å². The maximum atomic E-state index is 12.3. The Labute approximate surface area is 122 Å². The first-order valence-electron chi connectivity index (χ1n) is 7.05. The number of benzene rings is 2. The van der Waals surface area contributed by atoms with Crippen LogP contribution in [0.25, 0.3) is 0 Å². The van der Waals surface area contributed by atoms with Gasteiger partial charge < -0.3 is 4.74 Å². The van der Waals surface area contributed by atoms with E-state index in [1.165, 1.54) is 0 Å². The first-order chi connectivity index (χ1) is 10.2. The van der Waals surface area contributed by atoms with Crippen LogP contribution in [0.2, 0.25) is 0 Å². The zero-order valence-corrected chi connectivity index (χ0v) is 11.4. The lowest BCUT2D eigenvalue weighted by atomic mass is 9.84. The first kappa shape index (κ1) is 12.3. The average Bonchev–Trinajstić information content (AvgIpc) is 3.15. The summed E-state index contributed by atoms with van der Waals surface area (Å²) in [5.41, 5.74) is 0.451. The number of carbonyl (C=O) groups is 2. The highest BCUT2D eigenvalue weighted by atomic mass is 16.6. The van der Waals surface area contributed by atoms with Crippen molar-refractivity contribution in [3.05, 3.63) is 71.8 Å². The molecule has 1 saturated heterocycles. The normalized spacial score (nSPS) is 29.9. The molecular formula is C18H14O3. The highest BCUT2D eigenvalue weighted by Gasteiger charge is 2.82. The van der Waals surface area contributed by atoms with Gasteiger partial charge in [-0.3, -0.25) is 9.59 Å². The van der Waals surface area contributed by atoms with Crippen molar-refractivity contribution in [3.8, 4) is 0 Å². The highest BCUT2D eigenvalue weighted by molar-refractivity contribution is 6.11. The topological polar surface area (TPSA) is 43.4 Å². The predicted molar refractivity (Wildman–Crippen MR) is 76.4 cm³/mol. The minimum atomic E-state index is -0.777. The number of hydrogen-bond donors (Lipinski definition) is 0. The molecule has 1 saturated carbocycles. The summed E-state index contributed by atoms with van der Waals surface area (Å²) in [6.45, 7) is 0. The van der Waals surface area contributed by atoms with Crippen molar-refractivity contribution in [1.29, 1.82) is 0 Å². The maximum Gasteiger partial charge on any atom is 0.325 e. The Morgan fingerprint density at radius 1 is 0.857 bits per heavy atom. The van der Waals surface area contributed by atoms with E-state index in [1.807, 2.05) is 60.7 Å². The van der Waals surface area contributed by atoms with Crippen LogP contribution >= 0.6 is 0 Å². The highest BCUT2D eigenvalue weighted by Crippen LogP contribution is 2.70. The number of cyclic esters (lactones) is 2. The maximum absolute atomic E-state index is 12.3. The second-order valence-electron chi connectivity index (χ2n) is 5.87. The lowest BCUT2D eigenvalue weighted by Crippen LogP contribution is -2.23. The minimum absolute atomic E-state index is 0.375. The molecule has 3 nitrogen and oxygen atoms in total. The summed E-state index contributed by atoms with van der Waals surface area (Å²) in [5, 5.41) is 0. The Morgan fingerprint density at radius 2 is 1.48 bits per heavy atom. The summed E-state index contributed by atoms with van der Waals surface area (Å²) in [4.78, 5) is 24.6. The second kappa shape index (κ2) is 4.04. The Morgan fingerprint density at radius 3 is 2.14 bits per heavy atom. The molecule has 3 heteroatoms. The summed E-state index contributed by atoms with van der Waals surface area (Å²) in [5.74, 6) is -0.769. The molecule has 2 unspecified atom stereocenters. The molecule has 1 heterocycles. The van der Waals surface area contributed by atoms with E-state index in [4.69, 9.17) is 4.74 Å². The van der Waals surface area contributed by atoms with Gasteiger partial charge in [0.05, 0.1) is 5.41 Å². The molecule has 1 aliphatic heterocycles. The average molecular weight is 278 g/mol. The summed E-state index contributed by atoms with van der Waals surface area (Å²) in [6.07, 6.45) is 1.10. The van der Waals surface area contributed by atoms with E-state index in [0.29, 0.717) is 12.8 Å². The van der Waals surface area contributed by atoms with Crippen LogP contribution in [0.1, 0.15) is 17.5 Å². The van der Waals surface area contributed by atoms with Gasteiger partial charge in [-0.05, 0) is 24.0 Å². The minimum Gasteiger partial charge on any atom is -0.392 e. The standard InChI is InChI=1S/C18H14O3/c19-15-17(11-13-7-3-1-4-8-13)12-18(17,16(20)21-15)14-9-5-2-6-10-14/h1-10H,11-12H2. The van der Waals surface area contributed by atoms with Crippen LogP contribution in [-0.2, 0) is 26.2 Å². The SMILES string of the molecule is O=C1OC(=O)C2(c3ccccc3)CC12Cc1ccccc1. The fraction of sp³-hybridized carbons (Fsp3) is 0.222. The van der Waals surface area contributed by atoms with Gasteiger partial charge in [-0.25, -0.2) is 0 Å². The van der Waals surface area contributed by atoms with E-state index >= 15 is 0 Å². The molecule has 4 rings (SSSR count). The number of rotatable bonds is 3. The van der Waals surface area contributed by atoms with E-state index < -0.39 is 16.8 Å². The third-order valence-electron chi connectivity index (χ3n) is 4.80. The third kappa shape index (κ3) is 1.49. The molecule has 2 aliphatic rings. The molecule has 2 aromatic rings. The molecule has 0 bridgehead atoms. The van der Waals surface area contributed by atoms with Gasteiger partial charge in [0, 0.05) is 0 Å². The molecule has 1 aliphatic carbocycles. The van der Waals surface area contributed by atoms with Crippen LogP contribution in [0.4, 0.5) is 0 Å². The number of esters is 2. The lowest BCUT2D eigenvalue weighted by molar-refractivity contribution is -0.157. The van der Waals surface area contributed by atoms with E-state index in [0.717, 1.165) is 11.1 Å². The molecule has 2 atom stereocenters. The molecule has 21 heavy (non-hydrogen) atoms. The molecule has 0 amide bonds. The molecule has 2 fully saturated rings. The van der Waals surface area contributed by atoms with Crippen molar-refractivity contribution in [2.75, 3.05) is 0 Å². The smallest absolute Gasteiger partial charge is 0.325 e. The van der Waals surface area contributed by atoms with Crippen molar-refractivity contribution in [3.63, 3.8) is 0 Å². The van der Waals surface area contributed by atoms with Crippen molar-refractivity contribution in [2.45, 2.75) is 18.3 Å². The van der Waals surface area contributed by atoms with Crippen molar-refractivity contribution in [1.82, 2.24) is 0 Å². The van der Waals surface area contributed by atoms with Crippen LogP contribution in [0.5, 0.6) is 0 Å². The van der Waals surface area contributed by atoms with Gasteiger partial charge in [0.15, 0.2) is 0 Å². The molecule has 0 aromatic heterocycles. The Bertz CT molecular complexity index is 723. The Hall–Kier alpha value is -2.42. The van der Waals surface area contributed by atoms with Crippen molar-refractivity contribution >= 4 is 11.9 Å². The van der Waals surface area contributed by atoms with E-state index in [-0.39, 0.29) is 5.97 Å². The van der Waals surface area contributed by atoms with Gasteiger partial charge in [-0.15, -0.1) is 0 Å². The largest absolute Gasteiger partial charge is 0.392 e. The number of carbonyl (C=O) groups excluding carboxylic acids is 2. The first-order valence-corrected chi connectivity index (χ1v) is 7.05. The van der Waals surface area contributed by atoms with E-state index in [2.05, 4.69) is 0 Å². The Kier molecular flexibility index (Phi) is 2.37. The van der Waals surface area contributed by atoms with Gasteiger partial charge in [0.1, 0.15) is 5.41 Å². The fourth-order valence-corrected chi connectivity index (χ4v) is 3.64. The second-order valence-corrected chi connectivity index (χ2v) is 5.87. The summed E-state index contributed by atoms with van der Waals surface area (Å²) in [7, 11) is 0. The number of fused-ring (bicyclic) bond motifs is 1. The van der Waals surface area contributed by atoms with Crippen LogP contribution < -0.4 is 0 Å². The van der Waals surface area contributed by atoms with Gasteiger partial charge in [-0.2, -0.15) is 0 Å². The van der Waals surface area contributed by atoms with E-state index in [1.54, 1.807) is 0 Å². The van der Waals surface area contributed by atoms with Crippen LogP contribution in [0, 0.1) is 5.41 Å². The Balaban J connectivity index is 1.78. The van der Waals surface area contributed by atoms with Gasteiger partial charge in [-0.1, -0.05) is 60.7 Å². The van der Waals surface area contributed by atoms with Crippen molar-refractivity contribution < 1.29 is 14.3 Å². The molecule has 2 aromatic carbocycles. The lowest BCUT2D eigenvalue weighted by Gasteiger charge is -2.13. The zero-order valence-electron chi connectivity index (χ0n) is 11.4. The quantitative estimate of drug-likeness (QED) is 0.640. The molecule has 104 valence electrons. The summed E-state index contributed by atoms with van der Waals surface area (Å²) >= 11 is 0. The molecule has 0 radical (unpaired) electrons. The van der Waals surface area contributed by atoms with Crippen LogP contribution in [0.15, 0.2) is 60.7 Å². The van der Waals surface area contributed by atoms with Gasteiger partial charge >= 0.3 is 11.9 Å². The number of ether oxygens (including phenoxy) is 1. The summed E-state index contributed by atoms with van der Waals surface area (Å²) in [6, 6.07) is 19.3. The van der Waals surface area contributed by atoms with Gasteiger partial charge in [0.2, 0.25) is 0 Å².